The smallest absolute Gasteiger partial charge is 0.254 e. The lowest BCUT2D eigenvalue weighted by molar-refractivity contribution is 0.0692. The molecule has 4 rings (SSSR count). The molecule has 156 valence electrons. The Morgan fingerprint density at radius 2 is 1.93 bits per heavy atom. The van der Waals surface area contributed by atoms with Crippen LogP contribution in [-0.2, 0) is 0 Å². The van der Waals surface area contributed by atoms with Gasteiger partial charge in [-0.2, -0.15) is 0 Å². The fourth-order valence-electron chi connectivity index (χ4n) is 3.76. The molecular formula is C22H27Cl2N3O2. The summed E-state index contributed by atoms with van der Waals surface area (Å²) in [6.45, 7) is 5.78. The molecular weight excluding hydrogens is 409 g/mol. The number of para-hydroxylation sites is 1. The number of carbonyl (C=O) groups excluding carboxylic acids is 1. The minimum absolute atomic E-state index is 0. The summed E-state index contributed by atoms with van der Waals surface area (Å²) in [5.41, 5.74) is 2.22. The fourth-order valence-corrected chi connectivity index (χ4v) is 3.76. The summed E-state index contributed by atoms with van der Waals surface area (Å²) in [5.74, 6) is 1.42. The quantitative estimate of drug-likeness (QED) is 0.624. The monoisotopic (exact) mass is 435 g/mol. The Labute approximate surface area is 183 Å². The highest BCUT2D eigenvalue weighted by Crippen LogP contribution is 2.27. The first-order valence-electron chi connectivity index (χ1n) is 9.70. The van der Waals surface area contributed by atoms with E-state index in [1.807, 2.05) is 47.4 Å². The zero-order chi connectivity index (χ0) is 18.6. The van der Waals surface area contributed by atoms with E-state index in [9.17, 15) is 4.79 Å². The van der Waals surface area contributed by atoms with Crippen molar-refractivity contribution in [2.24, 2.45) is 5.92 Å². The third-order valence-corrected chi connectivity index (χ3v) is 5.30. The Bertz CT molecular complexity index is 923. The van der Waals surface area contributed by atoms with Crippen molar-refractivity contribution >= 4 is 41.6 Å². The number of rotatable bonds is 5. The van der Waals surface area contributed by atoms with E-state index in [1.54, 1.807) is 6.26 Å². The van der Waals surface area contributed by atoms with Crippen LogP contribution in [0.1, 0.15) is 30.1 Å². The van der Waals surface area contributed by atoms with Crippen molar-refractivity contribution < 1.29 is 9.21 Å². The molecule has 2 aromatic heterocycles. The van der Waals surface area contributed by atoms with Gasteiger partial charge in [0.05, 0.1) is 17.3 Å². The maximum absolute atomic E-state index is 13.3. The van der Waals surface area contributed by atoms with Gasteiger partial charge in [0.1, 0.15) is 5.69 Å². The molecule has 0 unspecified atom stereocenters. The normalized spacial score (nSPS) is 14.3. The van der Waals surface area contributed by atoms with E-state index < -0.39 is 0 Å². The number of hydrogen-bond acceptors (Lipinski definition) is 4. The number of hydrogen-bond donors (Lipinski definition) is 1. The van der Waals surface area contributed by atoms with Gasteiger partial charge in [-0.1, -0.05) is 25.1 Å². The number of aromatic nitrogens is 1. The fraction of sp³-hybridized carbons (Fsp3) is 0.364. The Morgan fingerprint density at radius 1 is 1.17 bits per heavy atom. The first-order chi connectivity index (χ1) is 13.3. The van der Waals surface area contributed by atoms with Gasteiger partial charge in [0.25, 0.3) is 5.91 Å². The third-order valence-electron chi connectivity index (χ3n) is 5.30. The molecule has 1 saturated heterocycles. The van der Waals surface area contributed by atoms with Crippen LogP contribution in [0.15, 0.2) is 53.1 Å². The summed E-state index contributed by atoms with van der Waals surface area (Å²) in [7, 11) is 0. The lowest BCUT2D eigenvalue weighted by Gasteiger charge is -2.32. The number of amides is 1. The summed E-state index contributed by atoms with van der Waals surface area (Å²) >= 11 is 0. The van der Waals surface area contributed by atoms with Crippen molar-refractivity contribution in [3.8, 4) is 11.5 Å². The third kappa shape index (κ3) is 5.10. The summed E-state index contributed by atoms with van der Waals surface area (Å²) in [6, 6.07) is 13.4. The molecule has 5 nitrogen and oxygen atoms in total. The summed E-state index contributed by atoms with van der Waals surface area (Å²) < 4.78 is 5.51. The van der Waals surface area contributed by atoms with Crippen LogP contribution in [-0.4, -0.2) is 42.0 Å². The number of benzene rings is 1. The molecule has 3 heterocycles. The lowest BCUT2D eigenvalue weighted by Crippen LogP contribution is -2.40. The van der Waals surface area contributed by atoms with Crippen molar-refractivity contribution in [2.75, 3.05) is 26.2 Å². The molecule has 0 bridgehead atoms. The minimum Gasteiger partial charge on any atom is -0.463 e. The van der Waals surface area contributed by atoms with Crippen LogP contribution in [0.2, 0.25) is 0 Å². The molecule has 1 aliphatic heterocycles. The van der Waals surface area contributed by atoms with Crippen molar-refractivity contribution in [1.82, 2.24) is 15.2 Å². The van der Waals surface area contributed by atoms with Gasteiger partial charge in [0.15, 0.2) is 5.76 Å². The number of halogens is 2. The molecule has 1 N–H and O–H groups in total. The predicted octanol–water partition coefficient (Wildman–Crippen LogP) is 4.80. The first-order valence-corrected chi connectivity index (χ1v) is 9.70. The zero-order valence-corrected chi connectivity index (χ0v) is 18.1. The molecule has 0 aliphatic carbocycles. The summed E-state index contributed by atoms with van der Waals surface area (Å²) in [6.07, 6.45) is 3.72. The topological polar surface area (TPSA) is 58.4 Å². The van der Waals surface area contributed by atoms with Crippen molar-refractivity contribution in [3.05, 3.63) is 54.3 Å². The van der Waals surface area contributed by atoms with E-state index in [4.69, 9.17) is 4.42 Å². The Hall–Kier alpha value is -2.08. The van der Waals surface area contributed by atoms with Crippen LogP contribution in [0, 0.1) is 5.92 Å². The molecule has 0 saturated carbocycles. The minimum atomic E-state index is 0. The zero-order valence-electron chi connectivity index (χ0n) is 16.5. The van der Waals surface area contributed by atoms with Crippen LogP contribution in [0.4, 0.5) is 0 Å². The lowest BCUT2D eigenvalue weighted by atomic mass is 9.95. The number of furan rings is 1. The largest absolute Gasteiger partial charge is 0.463 e. The van der Waals surface area contributed by atoms with Gasteiger partial charge in [-0.25, -0.2) is 4.98 Å². The van der Waals surface area contributed by atoms with E-state index in [0.29, 0.717) is 22.9 Å². The molecule has 1 fully saturated rings. The van der Waals surface area contributed by atoms with Gasteiger partial charge < -0.3 is 14.6 Å². The number of piperidine rings is 1. The van der Waals surface area contributed by atoms with E-state index in [-0.39, 0.29) is 30.7 Å². The number of nitrogens with one attached hydrogen (secondary N) is 1. The van der Waals surface area contributed by atoms with Crippen LogP contribution in [0.5, 0.6) is 0 Å². The maximum Gasteiger partial charge on any atom is 0.254 e. The molecule has 7 heteroatoms. The van der Waals surface area contributed by atoms with Crippen LogP contribution >= 0.6 is 24.8 Å². The van der Waals surface area contributed by atoms with Gasteiger partial charge in [-0.3, -0.25) is 4.79 Å². The number of likely N-dealkylation sites (tertiary alicyclic amines) is 1. The van der Waals surface area contributed by atoms with Gasteiger partial charge in [0.2, 0.25) is 0 Å². The number of nitrogens with zero attached hydrogens (tertiary/aromatic N) is 2. The molecule has 1 amide bonds. The van der Waals surface area contributed by atoms with E-state index in [1.165, 1.54) is 0 Å². The second-order valence-electron chi connectivity index (χ2n) is 7.09. The van der Waals surface area contributed by atoms with Crippen LogP contribution in [0.25, 0.3) is 22.4 Å². The molecule has 1 aliphatic rings. The average molecular weight is 436 g/mol. The molecule has 0 spiro atoms. The highest BCUT2D eigenvalue weighted by Gasteiger charge is 2.25. The predicted molar refractivity (Wildman–Crippen MR) is 121 cm³/mol. The Morgan fingerprint density at radius 3 is 2.62 bits per heavy atom. The van der Waals surface area contributed by atoms with Gasteiger partial charge in [-0.05, 0) is 56.1 Å². The standard InChI is InChI=1S/C22H25N3O2.2ClH/c1-2-23-15-16-9-11-25(12-10-16)22(26)18-14-20(21-8-5-13-27-21)24-19-7-4-3-6-17(18)19;;/h3-8,13-14,16,23H,2,9-12,15H2,1H3;2*1H. The molecule has 0 radical (unpaired) electrons. The van der Waals surface area contributed by atoms with Crippen LogP contribution < -0.4 is 5.32 Å². The van der Waals surface area contributed by atoms with Crippen LogP contribution in [0.3, 0.4) is 0 Å². The number of fused-ring (bicyclic) bond motifs is 1. The van der Waals surface area contributed by atoms with E-state index in [2.05, 4.69) is 17.2 Å². The number of pyridine rings is 1. The first kappa shape index (κ1) is 23.2. The highest BCUT2D eigenvalue weighted by atomic mass is 35.5. The Kier molecular flexibility index (Phi) is 8.50. The van der Waals surface area contributed by atoms with E-state index in [0.717, 1.165) is 49.9 Å². The number of carbonyl (C=O) groups is 1. The summed E-state index contributed by atoms with van der Waals surface area (Å²) in [5, 5.41) is 4.31. The SMILES string of the molecule is CCNCC1CCN(C(=O)c2cc(-c3ccco3)nc3ccccc23)CC1.Cl.Cl. The molecule has 1 aromatic carbocycles. The molecule has 3 aromatic rings. The van der Waals surface area contributed by atoms with Gasteiger partial charge in [-0.15, -0.1) is 24.8 Å². The van der Waals surface area contributed by atoms with Gasteiger partial charge in [0, 0.05) is 18.5 Å². The average Bonchev–Trinajstić information content (AvgIpc) is 3.26. The summed E-state index contributed by atoms with van der Waals surface area (Å²) in [4.78, 5) is 20.0. The molecule has 0 atom stereocenters. The van der Waals surface area contributed by atoms with Gasteiger partial charge >= 0.3 is 0 Å². The van der Waals surface area contributed by atoms with Crippen molar-refractivity contribution in [1.29, 1.82) is 0 Å². The molecule has 29 heavy (non-hydrogen) atoms. The second-order valence-corrected chi connectivity index (χ2v) is 7.09. The van der Waals surface area contributed by atoms with E-state index >= 15 is 0 Å². The maximum atomic E-state index is 13.3. The van der Waals surface area contributed by atoms with Crippen molar-refractivity contribution in [2.45, 2.75) is 19.8 Å². The second kappa shape index (κ2) is 10.6. The highest BCUT2D eigenvalue weighted by molar-refractivity contribution is 6.07. The van der Waals surface area contributed by atoms with Crippen molar-refractivity contribution in [3.63, 3.8) is 0 Å². The Balaban J connectivity index is 0.00000150.